The Labute approximate surface area is 122 Å². The van der Waals surface area contributed by atoms with Gasteiger partial charge in [0.1, 0.15) is 11.6 Å². The van der Waals surface area contributed by atoms with Gasteiger partial charge in [-0.25, -0.2) is 13.6 Å². The molecule has 1 aromatic carbocycles. The normalized spacial score (nSPS) is 17.5. The second-order valence-electron chi connectivity index (χ2n) is 6.30. The predicted octanol–water partition coefficient (Wildman–Crippen LogP) is 3.02. The van der Waals surface area contributed by atoms with E-state index in [1.165, 1.54) is 4.90 Å². The van der Waals surface area contributed by atoms with Crippen molar-refractivity contribution in [2.45, 2.75) is 26.4 Å². The molecule has 0 aliphatic carbocycles. The van der Waals surface area contributed by atoms with E-state index in [-0.39, 0.29) is 16.9 Å². The highest BCUT2D eigenvalue weighted by Crippen LogP contribution is 2.41. The van der Waals surface area contributed by atoms with Gasteiger partial charge in [-0.15, -0.1) is 0 Å². The van der Waals surface area contributed by atoms with Crippen LogP contribution in [0.15, 0.2) is 18.2 Å². The van der Waals surface area contributed by atoms with Crippen LogP contribution in [0.1, 0.15) is 31.9 Å². The largest absolute Gasteiger partial charge is 0.465 e. The Morgan fingerprint density at radius 3 is 2.33 bits per heavy atom. The van der Waals surface area contributed by atoms with Crippen molar-refractivity contribution in [2.24, 2.45) is 11.3 Å². The molecule has 1 unspecified atom stereocenters. The molecule has 2 N–H and O–H groups in total. The van der Waals surface area contributed by atoms with E-state index in [0.717, 1.165) is 18.2 Å². The highest BCUT2D eigenvalue weighted by molar-refractivity contribution is 5.66. The summed E-state index contributed by atoms with van der Waals surface area (Å²) in [4.78, 5) is 12.1. The molecule has 0 aromatic heterocycles. The molecule has 116 valence electrons. The molecule has 0 radical (unpaired) electrons. The maximum absolute atomic E-state index is 13.2. The third-order valence-corrected chi connectivity index (χ3v) is 4.25. The van der Waals surface area contributed by atoms with Gasteiger partial charge in [0, 0.05) is 19.2 Å². The van der Waals surface area contributed by atoms with E-state index in [1.807, 2.05) is 13.8 Å². The average molecular weight is 299 g/mol. The summed E-state index contributed by atoms with van der Waals surface area (Å²) in [6.45, 7) is 4.70. The predicted molar refractivity (Wildman–Crippen MR) is 72.8 cm³/mol. The summed E-state index contributed by atoms with van der Waals surface area (Å²) in [5.41, 5.74) is -0.122. The minimum Gasteiger partial charge on any atom is -0.465 e. The zero-order chi connectivity index (χ0) is 15.8. The standard InChI is InChI=1S/C15H19F2NO3/c1-15(2,10-7-18(8-10)14(20)21)6-13(19)9-3-11(16)5-12(17)4-9/h3-5,10,13,19H,6-8H2,1-2H3,(H,20,21). The van der Waals surface area contributed by atoms with Crippen LogP contribution in [0.25, 0.3) is 0 Å². The molecular weight excluding hydrogens is 280 g/mol. The van der Waals surface area contributed by atoms with Gasteiger partial charge in [0.25, 0.3) is 0 Å². The van der Waals surface area contributed by atoms with Crippen molar-refractivity contribution in [1.82, 2.24) is 4.90 Å². The van der Waals surface area contributed by atoms with Crippen LogP contribution in [0.4, 0.5) is 13.6 Å². The second kappa shape index (κ2) is 5.60. The summed E-state index contributed by atoms with van der Waals surface area (Å²) in [7, 11) is 0. The SMILES string of the molecule is CC(C)(CC(O)c1cc(F)cc(F)c1)C1CN(C(=O)O)C1. The summed E-state index contributed by atoms with van der Waals surface area (Å²) in [6, 6.07) is 3.00. The summed E-state index contributed by atoms with van der Waals surface area (Å²) < 4.78 is 26.3. The molecule has 1 aliphatic rings. The Kier molecular flexibility index (Phi) is 4.18. The summed E-state index contributed by atoms with van der Waals surface area (Å²) in [6.07, 6.45) is -1.62. The fraction of sp³-hybridized carbons (Fsp3) is 0.533. The molecule has 1 amide bonds. The van der Waals surface area contributed by atoms with E-state index in [0.29, 0.717) is 19.5 Å². The Balaban J connectivity index is 2.01. The number of hydrogen-bond donors (Lipinski definition) is 2. The Bertz CT molecular complexity index is 521. The Morgan fingerprint density at radius 2 is 1.86 bits per heavy atom. The van der Waals surface area contributed by atoms with Crippen LogP contribution < -0.4 is 0 Å². The van der Waals surface area contributed by atoms with Crippen LogP contribution in [0.3, 0.4) is 0 Å². The number of amides is 1. The lowest BCUT2D eigenvalue weighted by molar-refractivity contribution is -0.00527. The molecule has 4 nitrogen and oxygen atoms in total. The molecule has 0 bridgehead atoms. The first kappa shape index (κ1) is 15.7. The molecule has 0 spiro atoms. The van der Waals surface area contributed by atoms with E-state index in [1.54, 1.807) is 0 Å². The first-order valence-electron chi connectivity index (χ1n) is 6.81. The second-order valence-corrected chi connectivity index (χ2v) is 6.30. The van der Waals surface area contributed by atoms with Crippen molar-refractivity contribution < 1.29 is 23.8 Å². The number of rotatable bonds is 4. The lowest BCUT2D eigenvalue weighted by Gasteiger charge is -2.47. The van der Waals surface area contributed by atoms with Gasteiger partial charge >= 0.3 is 6.09 Å². The Hall–Kier alpha value is -1.69. The number of hydrogen-bond acceptors (Lipinski definition) is 2. The van der Waals surface area contributed by atoms with Crippen LogP contribution in [0, 0.1) is 23.0 Å². The molecule has 1 atom stereocenters. The third-order valence-electron chi connectivity index (χ3n) is 4.25. The lowest BCUT2D eigenvalue weighted by atomic mass is 9.70. The van der Waals surface area contributed by atoms with Gasteiger partial charge in [-0.05, 0) is 35.4 Å². The average Bonchev–Trinajstić information content (AvgIpc) is 2.23. The van der Waals surface area contributed by atoms with Gasteiger partial charge in [-0.3, -0.25) is 0 Å². The van der Waals surface area contributed by atoms with Gasteiger partial charge in [0.15, 0.2) is 0 Å². The highest BCUT2D eigenvalue weighted by atomic mass is 19.1. The van der Waals surface area contributed by atoms with Crippen LogP contribution in [0.2, 0.25) is 0 Å². The van der Waals surface area contributed by atoms with E-state index in [9.17, 15) is 18.7 Å². The van der Waals surface area contributed by atoms with Gasteiger partial charge in [0.2, 0.25) is 0 Å². The summed E-state index contributed by atoms with van der Waals surface area (Å²) in [5.74, 6) is -1.31. The summed E-state index contributed by atoms with van der Waals surface area (Å²) >= 11 is 0. The molecule has 6 heteroatoms. The minimum atomic E-state index is -0.982. The van der Waals surface area contributed by atoms with Gasteiger partial charge in [-0.1, -0.05) is 13.8 Å². The van der Waals surface area contributed by atoms with E-state index in [4.69, 9.17) is 5.11 Å². The first-order valence-corrected chi connectivity index (χ1v) is 6.81. The van der Waals surface area contributed by atoms with E-state index in [2.05, 4.69) is 0 Å². The van der Waals surface area contributed by atoms with Crippen molar-refractivity contribution in [3.8, 4) is 0 Å². The molecule has 2 rings (SSSR count). The maximum Gasteiger partial charge on any atom is 0.407 e. The molecule has 1 saturated heterocycles. The lowest BCUT2D eigenvalue weighted by Crippen LogP contribution is -2.55. The van der Waals surface area contributed by atoms with Gasteiger partial charge in [0.05, 0.1) is 6.10 Å². The van der Waals surface area contributed by atoms with E-state index < -0.39 is 23.8 Å². The third kappa shape index (κ3) is 3.50. The monoisotopic (exact) mass is 299 g/mol. The van der Waals surface area contributed by atoms with E-state index >= 15 is 0 Å². The minimum absolute atomic E-state index is 0.127. The number of benzene rings is 1. The molecule has 1 fully saturated rings. The van der Waals surface area contributed by atoms with Crippen molar-refractivity contribution in [2.75, 3.05) is 13.1 Å². The number of aliphatic hydroxyl groups excluding tert-OH is 1. The molecule has 1 aromatic rings. The number of aliphatic hydroxyl groups is 1. The van der Waals surface area contributed by atoms with Crippen molar-refractivity contribution >= 4 is 6.09 Å². The number of carbonyl (C=O) groups is 1. The Morgan fingerprint density at radius 1 is 1.33 bits per heavy atom. The van der Waals surface area contributed by atoms with Crippen LogP contribution in [-0.2, 0) is 0 Å². The quantitative estimate of drug-likeness (QED) is 0.898. The van der Waals surface area contributed by atoms with Gasteiger partial charge in [-0.2, -0.15) is 0 Å². The maximum atomic E-state index is 13.2. The molecule has 21 heavy (non-hydrogen) atoms. The zero-order valence-electron chi connectivity index (χ0n) is 12.0. The molecule has 0 saturated carbocycles. The zero-order valence-corrected chi connectivity index (χ0v) is 12.0. The van der Waals surface area contributed by atoms with Gasteiger partial charge < -0.3 is 15.1 Å². The number of likely N-dealkylation sites (tertiary alicyclic amines) is 1. The highest BCUT2D eigenvalue weighted by Gasteiger charge is 2.41. The van der Waals surface area contributed by atoms with Crippen molar-refractivity contribution in [3.63, 3.8) is 0 Å². The van der Waals surface area contributed by atoms with Crippen molar-refractivity contribution in [1.29, 1.82) is 0 Å². The van der Waals surface area contributed by atoms with Crippen LogP contribution >= 0.6 is 0 Å². The number of nitrogens with zero attached hydrogens (tertiary/aromatic N) is 1. The van der Waals surface area contributed by atoms with Crippen molar-refractivity contribution in [3.05, 3.63) is 35.4 Å². The van der Waals surface area contributed by atoms with Crippen LogP contribution in [0.5, 0.6) is 0 Å². The topological polar surface area (TPSA) is 60.8 Å². The number of carboxylic acid groups (broad SMARTS) is 1. The molecule has 1 aliphatic heterocycles. The summed E-state index contributed by atoms with van der Waals surface area (Å²) in [5, 5.41) is 19.0. The first-order chi connectivity index (χ1) is 9.69. The fourth-order valence-electron chi connectivity index (χ4n) is 2.68. The molecular formula is C15H19F2NO3. The molecule has 1 heterocycles. The smallest absolute Gasteiger partial charge is 0.407 e. The fourth-order valence-corrected chi connectivity index (χ4v) is 2.68. The number of halogens is 2. The van der Waals surface area contributed by atoms with Crippen LogP contribution in [-0.4, -0.2) is 34.3 Å².